The van der Waals surface area contributed by atoms with Gasteiger partial charge in [-0.3, -0.25) is 4.90 Å². The number of nitrogens with zero attached hydrogens (tertiary/aromatic N) is 2. The third-order valence-electron chi connectivity index (χ3n) is 2.62. The lowest BCUT2D eigenvalue weighted by molar-refractivity contribution is 0.235. The second-order valence-corrected chi connectivity index (χ2v) is 4.46. The van der Waals surface area contributed by atoms with Crippen molar-refractivity contribution in [1.29, 1.82) is 0 Å². The first-order valence-corrected chi connectivity index (χ1v) is 5.17. The van der Waals surface area contributed by atoms with E-state index in [9.17, 15) is 0 Å². The van der Waals surface area contributed by atoms with E-state index in [1.165, 1.54) is 19.4 Å². The van der Waals surface area contributed by atoms with Crippen molar-refractivity contribution < 1.29 is 0 Å². The van der Waals surface area contributed by atoms with Crippen molar-refractivity contribution in [3.8, 4) is 0 Å². The van der Waals surface area contributed by atoms with Crippen molar-refractivity contribution in [2.75, 3.05) is 33.7 Å². The topological polar surface area (TPSA) is 32.5 Å². The van der Waals surface area contributed by atoms with Gasteiger partial charge in [0.25, 0.3) is 0 Å². The predicted molar refractivity (Wildman–Crippen MR) is 59.9 cm³/mol. The summed E-state index contributed by atoms with van der Waals surface area (Å²) in [7, 11) is 4.26. The van der Waals surface area contributed by atoms with Crippen LogP contribution in [-0.4, -0.2) is 54.6 Å². The predicted octanol–water partition coefficient (Wildman–Crippen LogP) is 0.299. The number of hydrogen-bond acceptors (Lipinski definition) is 3. The lowest BCUT2D eigenvalue weighted by Gasteiger charge is -2.25. The Hall–Kier alpha value is -0.190. The first kappa shape index (κ1) is 10.9. The molecule has 1 rings (SSSR count). The van der Waals surface area contributed by atoms with E-state index in [-0.39, 0.29) is 0 Å². The van der Waals surface area contributed by atoms with Crippen molar-refractivity contribution >= 4 is 17.2 Å². The number of likely N-dealkylation sites (tertiary alicyclic amines) is 1. The number of thiocarbonyl (C=S) groups is 1. The summed E-state index contributed by atoms with van der Waals surface area (Å²) < 4.78 is 0. The molecule has 0 spiro atoms. The zero-order chi connectivity index (χ0) is 9.84. The maximum Gasteiger partial charge on any atom is 0.0869 e. The molecule has 1 atom stereocenters. The summed E-state index contributed by atoms with van der Waals surface area (Å²) in [4.78, 5) is 5.20. The molecule has 0 saturated carbocycles. The van der Waals surface area contributed by atoms with E-state index in [0.29, 0.717) is 11.0 Å². The molecule has 0 aromatic heterocycles. The lowest BCUT2D eigenvalue weighted by Crippen LogP contribution is -2.39. The van der Waals surface area contributed by atoms with Crippen LogP contribution in [0.3, 0.4) is 0 Å². The van der Waals surface area contributed by atoms with E-state index in [2.05, 4.69) is 23.9 Å². The van der Waals surface area contributed by atoms with E-state index in [0.717, 1.165) is 13.1 Å². The van der Waals surface area contributed by atoms with Crippen LogP contribution in [0.1, 0.15) is 12.8 Å². The highest BCUT2D eigenvalue weighted by atomic mass is 32.1. The van der Waals surface area contributed by atoms with Gasteiger partial charge in [-0.25, -0.2) is 0 Å². The maximum atomic E-state index is 5.48. The molecule has 76 valence electrons. The maximum absolute atomic E-state index is 5.48. The fourth-order valence-corrected chi connectivity index (χ4v) is 2.12. The molecule has 1 saturated heterocycles. The van der Waals surface area contributed by atoms with E-state index in [1.807, 2.05) is 0 Å². The minimum atomic E-state index is 0.586. The van der Waals surface area contributed by atoms with Gasteiger partial charge in [0.05, 0.1) is 4.99 Å². The summed E-state index contributed by atoms with van der Waals surface area (Å²) in [6, 6.07) is 0.694. The minimum absolute atomic E-state index is 0.586. The molecule has 0 bridgehead atoms. The van der Waals surface area contributed by atoms with Gasteiger partial charge in [0.2, 0.25) is 0 Å². The number of likely N-dealkylation sites (N-methyl/N-ethyl adjacent to an activating group) is 2. The zero-order valence-electron chi connectivity index (χ0n) is 8.49. The molecule has 1 aliphatic heterocycles. The van der Waals surface area contributed by atoms with E-state index in [1.54, 1.807) is 0 Å². The summed E-state index contributed by atoms with van der Waals surface area (Å²) in [6.45, 7) is 3.04. The van der Waals surface area contributed by atoms with Crippen LogP contribution in [0.25, 0.3) is 0 Å². The van der Waals surface area contributed by atoms with Crippen LogP contribution in [0.15, 0.2) is 0 Å². The van der Waals surface area contributed by atoms with Gasteiger partial charge in [-0.15, -0.1) is 0 Å². The molecular weight excluding hydrogens is 182 g/mol. The van der Waals surface area contributed by atoms with Crippen LogP contribution in [0.2, 0.25) is 0 Å². The van der Waals surface area contributed by atoms with Gasteiger partial charge in [0.15, 0.2) is 0 Å². The summed E-state index contributed by atoms with van der Waals surface area (Å²) in [5.74, 6) is 0. The molecule has 0 aliphatic carbocycles. The average Bonchev–Trinajstić information content (AvgIpc) is 2.34. The smallest absolute Gasteiger partial charge is 0.0869 e. The number of rotatable bonds is 4. The normalized spacial score (nSPS) is 24.1. The van der Waals surface area contributed by atoms with Crippen LogP contribution in [0.5, 0.6) is 0 Å². The van der Waals surface area contributed by atoms with E-state index < -0.39 is 0 Å². The van der Waals surface area contributed by atoms with Crippen LogP contribution in [0, 0.1) is 0 Å². The van der Waals surface area contributed by atoms with Crippen molar-refractivity contribution in [2.45, 2.75) is 18.9 Å². The number of hydrogen-bond donors (Lipinski definition) is 1. The molecule has 4 heteroatoms. The van der Waals surface area contributed by atoms with E-state index in [4.69, 9.17) is 18.0 Å². The van der Waals surface area contributed by atoms with Crippen molar-refractivity contribution in [3.63, 3.8) is 0 Å². The quantitative estimate of drug-likeness (QED) is 0.663. The summed E-state index contributed by atoms with van der Waals surface area (Å²) in [5.41, 5.74) is 5.48. The van der Waals surface area contributed by atoms with Gasteiger partial charge in [-0.1, -0.05) is 12.2 Å². The van der Waals surface area contributed by atoms with Gasteiger partial charge in [-0.2, -0.15) is 0 Å². The van der Waals surface area contributed by atoms with Gasteiger partial charge in [0, 0.05) is 19.1 Å². The Balaban J connectivity index is 2.26. The highest BCUT2D eigenvalue weighted by Crippen LogP contribution is 2.14. The van der Waals surface area contributed by atoms with Crippen molar-refractivity contribution in [2.24, 2.45) is 5.73 Å². The molecule has 0 radical (unpaired) electrons. The molecule has 1 heterocycles. The molecular formula is C9H19N3S. The SMILES string of the molecule is CN(CC(N)=S)CC1CCCN1C. The lowest BCUT2D eigenvalue weighted by atomic mass is 10.2. The molecule has 0 aromatic rings. The largest absolute Gasteiger partial charge is 0.392 e. The molecule has 0 amide bonds. The van der Waals surface area contributed by atoms with Crippen LogP contribution in [0.4, 0.5) is 0 Å². The standard InChI is InChI=1S/C9H19N3S/c1-11(7-9(10)13)6-8-4-3-5-12(8)2/h8H,3-7H2,1-2H3,(H2,10,13). The number of nitrogens with two attached hydrogens (primary N) is 1. The first-order valence-electron chi connectivity index (χ1n) is 4.76. The third kappa shape index (κ3) is 3.58. The Morgan fingerprint density at radius 2 is 2.38 bits per heavy atom. The second kappa shape index (κ2) is 4.88. The molecule has 1 fully saturated rings. The van der Waals surface area contributed by atoms with Gasteiger partial charge >= 0.3 is 0 Å². The summed E-state index contributed by atoms with van der Waals surface area (Å²) in [6.07, 6.45) is 2.63. The Morgan fingerprint density at radius 3 is 2.85 bits per heavy atom. The highest BCUT2D eigenvalue weighted by Gasteiger charge is 2.21. The van der Waals surface area contributed by atoms with Gasteiger partial charge in [0.1, 0.15) is 0 Å². The van der Waals surface area contributed by atoms with Crippen LogP contribution < -0.4 is 5.73 Å². The van der Waals surface area contributed by atoms with Gasteiger partial charge in [-0.05, 0) is 33.5 Å². The fourth-order valence-electron chi connectivity index (χ4n) is 1.90. The minimum Gasteiger partial charge on any atom is -0.392 e. The molecule has 13 heavy (non-hydrogen) atoms. The third-order valence-corrected chi connectivity index (χ3v) is 2.75. The molecule has 2 N–H and O–H groups in total. The van der Waals surface area contributed by atoms with E-state index >= 15 is 0 Å². The second-order valence-electron chi connectivity index (χ2n) is 3.94. The summed E-state index contributed by atoms with van der Waals surface area (Å²) >= 11 is 4.86. The van der Waals surface area contributed by atoms with Crippen molar-refractivity contribution in [1.82, 2.24) is 9.80 Å². The average molecular weight is 201 g/mol. The Labute approximate surface area is 85.9 Å². The van der Waals surface area contributed by atoms with Crippen LogP contribution in [-0.2, 0) is 0 Å². The molecule has 1 aliphatic rings. The Bertz CT molecular complexity index is 184. The van der Waals surface area contributed by atoms with Gasteiger partial charge < -0.3 is 10.6 Å². The fraction of sp³-hybridized carbons (Fsp3) is 0.889. The molecule has 0 aromatic carbocycles. The van der Waals surface area contributed by atoms with Crippen molar-refractivity contribution in [3.05, 3.63) is 0 Å². The Kier molecular flexibility index (Phi) is 4.09. The molecule has 1 unspecified atom stereocenters. The van der Waals surface area contributed by atoms with Crippen LogP contribution >= 0.6 is 12.2 Å². The summed E-state index contributed by atoms with van der Waals surface area (Å²) in [5, 5.41) is 0. The first-order chi connectivity index (χ1) is 6.09. The monoisotopic (exact) mass is 201 g/mol. The Morgan fingerprint density at radius 1 is 1.69 bits per heavy atom. The highest BCUT2D eigenvalue weighted by molar-refractivity contribution is 7.80. The molecule has 3 nitrogen and oxygen atoms in total. The zero-order valence-corrected chi connectivity index (χ0v) is 9.31.